The van der Waals surface area contributed by atoms with Gasteiger partial charge in [0, 0.05) is 0 Å². The van der Waals surface area contributed by atoms with Gasteiger partial charge in [0.25, 0.3) is 11.8 Å². The van der Waals surface area contributed by atoms with Gasteiger partial charge in [-0.3, -0.25) is 19.4 Å². The summed E-state index contributed by atoms with van der Waals surface area (Å²) in [5, 5.41) is 8.39. The van der Waals surface area contributed by atoms with Crippen molar-refractivity contribution in [1.82, 2.24) is 4.90 Å². The smallest absolute Gasteiger partial charge is 0.299 e. The van der Waals surface area contributed by atoms with Crippen LogP contribution >= 0.6 is 0 Å². The van der Waals surface area contributed by atoms with Crippen LogP contribution in [0.4, 0.5) is 0 Å². The van der Waals surface area contributed by atoms with E-state index in [0.717, 1.165) is 4.90 Å². The standard InChI is InChI=1S/C12H11NO5/c1-2-9(12(16)18-17)13-10(14)7-5-3-4-6-8(7)11(13)15/h3-6,9,17H,2H2,1H3. The second-order valence-electron chi connectivity index (χ2n) is 3.86. The molecule has 1 atom stereocenters. The van der Waals surface area contributed by atoms with Crippen molar-refractivity contribution in [3.05, 3.63) is 35.4 Å². The molecule has 1 aliphatic rings. The topological polar surface area (TPSA) is 83.9 Å². The number of nitrogens with zero attached hydrogens (tertiary/aromatic N) is 1. The Hall–Kier alpha value is -2.21. The maximum absolute atomic E-state index is 12.0. The minimum Gasteiger partial charge on any atom is -0.299 e. The van der Waals surface area contributed by atoms with Crippen LogP contribution in [0.1, 0.15) is 34.1 Å². The monoisotopic (exact) mass is 249 g/mol. The van der Waals surface area contributed by atoms with Crippen LogP contribution in [-0.2, 0) is 9.68 Å². The van der Waals surface area contributed by atoms with Crippen LogP contribution in [0.5, 0.6) is 0 Å². The van der Waals surface area contributed by atoms with Crippen molar-refractivity contribution in [3.63, 3.8) is 0 Å². The van der Waals surface area contributed by atoms with E-state index < -0.39 is 23.8 Å². The van der Waals surface area contributed by atoms with Crippen molar-refractivity contribution in [2.24, 2.45) is 0 Å². The molecule has 1 aromatic carbocycles. The van der Waals surface area contributed by atoms with Crippen molar-refractivity contribution >= 4 is 17.8 Å². The zero-order valence-electron chi connectivity index (χ0n) is 9.62. The maximum Gasteiger partial charge on any atom is 0.364 e. The Bertz CT molecular complexity index is 490. The summed E-state index contributed by atoms with van der Waals surface area (Å²) < 4.78 is 0. The molecule has 1 N–H and O–H groups in total. The minimum absolute atomic E-state index is 0.171. The van der Waals surface area contributed by atoms with Crippen LogP contribution in [0.15, 0.2) is 24.3 Å². The van der Waals surface area contributed by atoms with Gasteiger partial charge in [-0.15, -0.1) is 0 Å². The van der Waals surface area contributed by atoms with Gasteiger partial charge in [0.15, 0.2) is 0 Å². The zero-order valence-corrected chi connectivity index (χ0v) is 9.62. The second kappa shape index (κ2) is 4.58. The molecule has 1 aromatic rings. The average molecular weight is 249 g/mol. The predicted octanol–water partition coefficient (Wildman–Crippen LogP) is 1.08. The summed E-state index contributed by atoms with van der Waals surface area (Å²) in [6.07, 6.45) is 0.171. The summed E-state index contributed by atoms with van der Waals surface area (Å²) >= 11 is 0. The molecule has 0 fully saturated rings. The summed E-state index contributed by atoms with van der Waals surface area (Å²) in [4.78, 5) is 39.9. The Morgan fingerprint density at radius 2 is 1.78 bits per heavy atom. The first-order chi connectivity index (χ1) is 8.61. The Labute approximate surface area is 103 Å². The first-order valence-electron chi connectivity index (χ1n) is 5.44. The van der Waals surface area contributed by atoms with Gasteiger partial charge in [-0.1, -0.05) is 19.1 Å². The van der Waals surface area contributed by atoms with E-state index in [1.165, 1.54) is 12.1 Å². The van der Waals surface area contributed by atoms with Crippen molar-refractivity contribution in [1.29, 1.82) is 0 Å². The summed E-state index contributed by atoms with van der Waals surface area (Å²) in [5.41, 5.74) is 0.512. The fourth-order valence-corrected chi connectivity index (χ4v) is 2.01. The molecular weight excluding hydrogens is 238 g/mol. The Morgan fingerprint density at radius 1 is 1.28 bits per heavy atom. The number of imide groups is 1. The lowest BCUT2D eigenvalue weighted by atomic mass is 10.1. The lowest BCUT2D eigenvalue weighted by molar-refractivity contribution is -0.238. The molecule has 6 nitrogen and oxygen atoms in total. The molecule has 1 heterocycles. The number of rotatable bonds is 3. The van der Waals surface area contributed by atoms with Crippen LogP contribution in [0.2, 0.25) is 0 Å². The fraction of sp³-hybridized carbons (Fsp3) is 0.250. The first kappa shape index (κ1) is 12.3. The molecule has 6 heteroatoms. The molecule has 0 saturated heterocycles. The molecule has 0 spiro atoms. The average Bonchev–Trinajstić information content (AvgIpc) is 2.65. The Balaban J connectivity index is 2.41. The molecule has 0 radical (unpaired) electrons. The van der Waals surface area contributed by atoms with Gasteiger partial charge in [-0.05, 0) is 18.6 Å². The fourth-order valence-electron chi connectivity index (χ4n) is 2.01. The minimum atomic E-state index is -1.11. The highest BCUT2D eigenvalue weighted by molar-refractivity contribution is 6.22. The Morgan fingerprint density at radius 3 is 2.17 bits per heavy atom. The predicted molar refractivity (Wildman–Crippen MR) is 59.7 cm³/mol. The van der Waals surface area contributed by atoms with Crippen molar-refractivity contribution in [3.8, 4) is 0 Å². The number of carbonyl (C=O) groups is 3. The van der Waals surface area contributed by atoms with E-state index in [0.29, 0.717) is 0 Å². The largest absolute Gasteiger partial charge is 0.364 e. The molecule has 0 saturated carbocycles. The maximum atomic E-state index is 12.0. The van der Waals surface area contributed by atoms with E-state index in [-0.39, 0.29) is 17.5 Å². The van der Waals surface area contributed by atoms with Gasteiger partial charge >= 0.3 is 5.97 Å². The third-order valence-corrected chi connectivity index (χ3v) is 2.89. The van der Waals surface area contributed by atoms with Gasteiger partial charge in [-0.25, -0.2) is 4.79 Å². The summed E-state index contributed by atoms with van der Waals surface area (Å²) in [7, 11) is 0. The summed E-state index contributed by atoms with van der Waals surface area (Å²) in [5.74, 6) is -2.12. The third-order valence-electron chi connectivity index (χ3n) is 2.89. The Kier molecular flexibility index (Phi) is 3.12. The van der Waals surface area contributed by atoms with Crippen LogP contribution in [-0.4, -0.2) is 34.0 Å². The van der Waals surface area contributed by atoms with E-state index in [1.807, 2.05) is 0 Å². The molecule has 1 aliphatic heterocycles. The van der Waals surface area contributed by atoms with E-state index in [4.69, 9.17) is 5.26 Å². The number of carbonyl (C=O) groups excluding carboxylic acids is 3. The van der Waals surface area contributed by atoms with Crippen LogP contribution in [0.3, 0.4) is 0 Å². The van der Waals surface area contributed by atoms with E-state index in [9.17, 15) is 14.4 Å². The van der Waals surface area contributed by atoms with Crippen molar-refractivity contribution in [2.75, 3.05) is 0 Å². The van der Waals surface area contributed by atoms with E-state index in [2.05, 4.69) is 4.89 Å². The third kappa shape index (κ3) is 1.67. The van der Waals surface area contributed by atoms with Gasteiger partial charge in [0.2, 0.25) is 0 Å². The SMILES string of the molecule is CCC(C(=O)OO)N1C(=O)c2ccccc2C1=O. The summed E-state index contributed by atoms with van der Waals surface area (Å²) in [6, 6.07) is 5.21. The second-order valence-corrected chi connectivity index (χ2v) is 3.86. The summed E-state index contributed by atoms with van der Waals surface area (Å²) in [6.45, 7) is 1.62. The molecule has 2 amide bonds. The molecule has 0 aromatic heterocycles. The van der Waals surface area contributed by atoms with Gasteiger partial charge in [0.1, 0.15) is 6.04 Å². The first-order valence-corrected chi connectivity index (χ1v) is 5.44. The van der Waals surface area contributed by atoms with Crippen LogP contribution in [0.25, 0.3) is 0 Å². The molecular formula is C12H11NO5. The zero-order chi connectivity index (χ0) is 13.3. The molecule has 2 rings (SSSR count). The molecule has 94 valence electrons. The van der Waals surface area contributed by atoms with Gasteiger partial charge < -0.3 is 0 Å². The molecule has 0 aliphatic carbocycles. The van der Waals surface area contributed by atoms with E-state index >= 15 is 0 Å². The van der Waals surface area contributed by atoms with Gasteiger partial charge in [0.05, 0.1) is 11.1 Å². The quantitative estimate of drug-likeness (QED) is 0.492. The number of amides is 2. The highest BCUT2D eigenvalue weighted by Gasteiger charge is 2.42. The number of hydrogen-bond acceptors (Lipinski definition) is 5. The highest BCUT2D eigenvalue weighted by Crippen LogP contribution is 2.25. The number of benzene rings is 1. The normalized spacial score (nSPS) is 15.6. The van der Waals surface area contributed by atoms with Crippen LogP contribution < -0.4 is 0 Å². The lowest BCUT2D eigenvalue weighted by Gasteiger charge is -2.21. The van der Waals surface area contributed by atoms with Crippen molar-refractivity contribution in [2.45, 2.75) is 19.4 Å². The van der Waals surface area contributed by atoms with Gasteiger partial charge in [-0.2, -0.15) is 5.26 Å². The lowest BCUT2D eigenvalue weighted by Crippen LogP contribution is -2.45. The molecule has 0 bridgehead atoms. The highest BCUT2D eigenvalue weighted by atomic mass is 17.1. The molecule has 18 heavy (non-hydrogen) atoms. The molecule has 1 unspecified atom stereocenters. The number of hydrogen-bond donors (Lipinski definition) is 1. The number of fused-ring (bicyclic) bond motifs is 1. The van der Waals surface area contributed by atoms with Crippen molar-refractivity contribution < 1.29 is 24.5 Å². The van der Waals surface area contributed by atoms with Crippen LogP contribution in [0, 0.1) is 0 Å². The van der Waals surface area contributed by atoms with E-state index in [1.54, 1.807) is 19.1 Å².